The van der Waals surface area contributed by atoms with Crippen LogP contribution in [0, 0.1) is 0 Å². The fraction of sp³-hybridized carbons (Fsp3) is 0.167. The molecule has 0 saturated heterocycles. The molecule has 1 aromatic carbocycles. The molecule has 0 radical (unpaired) electrons. The number of H-pyrrole nitrogens is 1. The van der Waals surface area contributed by atoms with E-state index in [1.54, 1.807) is 43.5 Å². The standard InChI is InChI=1S/C12H12ClN3O2/c1-8(12(17)15-11-6-7-14-16-11)18-10-4-2-9(13)3-5-10/h2-8H,1H3,(H2,14,15,16,17). The highest BCUT2D eigenvalue weighted by atomic mass is 35.5. The fourth-order valence-electron chi connectivity index (χ4n) is 1.33. The van der Waals surface area contributed by atoms with Crippen molar-refractivity contribution in [3.05, 3.63) is 41.6 Å². The minimum absolute atomic E-state index is 0.255. The number of aromatic nitrogens is 2. The highest BCUT2D eigenvalue weighted by molar-refractivity contribution is 6.30. The Morgan fingerprint density at radius 1 is 1.39 bits per heavy atom. The Morgan fingerprint density at radius 3 is 2.72 bits per heavy atom. The molecule has 0 bridgehead atoms. The molecular formula is C12H12ClN3O2. The average Bonchev–Trinajstić information content (AvgIpc) is 2.85. The Kier molecular flexibility index (Phi) is 3.84. The number of anilines is 1. The zero-order chi connectivity index (χ0) is 13.0. The molecule has 18 heavy (non-hydrogen) atoms. The Morgan fingerprint density at radius 2 is 2.11 bits per heavy atom. The van der Waals surface area contributed by atoms with Crippen LogP contribution in [0.15, 0.2) is 36.5 Å². The lowest BCUT2D eigenvalue weighted by Crippen LogP contribution is -2.30. The summed E-state index contributed by atoms with van der Waals surface area (Å²) in [4.78, 5) is 11.8. The number of carbonyl (C=O) groups excluding carboxylic acids is 1. The summed E-state index contributed by atoms with van der Waals surface area (Å²) < 4.78 is 5.47. The molecule has 0 aliphatic carbocycles. The number of benzene rings is 1. The van der Waals surface area contributed by atoms with E-state index in [1.807, 2.05) is 0 Å². The van der Waals surface area contributed by atoms with Gasteiger partial charge in [-0.25, -0.2) is 0 Å². The molecule has 1 amide bonds. The molecule has 0 fully saturated rings. The third-order valence-corrected chi connectivity index (χ3v) is 2.51. The molecule has 94 valence electrons. The van der Waals surface area contributed by atoms with Crippen LogP contribution < -0.4 is 10.1 Å². The van der Waals surface area contributed by atoms with E-state index < -0.39 is 6.10 Å². The molecule has 1 aromatic heterocycles. The van der Waals surface area contributed by atoms with Crippen LogP contribution in [0.5, 0.6) is 5.75 Å². The van der Waals surface area contributed by atoms with Crippen LogP contribution in [0.2, 0.25) is 5.02 Å². The summed E-state index contributed by atoms with van der Waals surface area (Å²) in [7, 11) is 0. The number of nitrogens with zero attached hydrogens (tertiary/aromatic N) is 1. The largest absolute Gasteiger partial charge is 0.481 e. The molecule has 1 heterocycles. The summed E-state index contributed by atoms with van der Waals surface area (Å²) in [5, 5.41) is 9.64. The number of ether oxygens (including phenoxy) is 1. The maximum atomic E-state index is 11.8. The van der Waals surface area contributed by atoms with Crippen LogP contribution in [0.3, 0.4) is 0 Å². The van der Waals surface area contributed by atoms with E-state index in [0.717, 1.165) is 0 Å². The third kappa shape index (κ3) is 3.24. The molecule has 0 aliphatic heterocycles. The van der Waals surface area contributed by atoms with Crippen LogP contribution in [-0.2, 0) is 4.79 Å². The molecule has 1 atom stereocenters. The number of hydrogen-bond donors (Lipinski definition) is 2. The topological polar surface area (TPSA) is 67.0 Å². The number of hydrogen-bond acceptors (Lipinski definition) is 3. The first-order valence-electron chi connectivity index (χ1n) is 5.37. The van der Waals surface area contributed by atoms with Gasteiger partial charge in [0.1, 0.15) is 11.6 Å². The first-order chi connectivity index (χ1) is 8.65. The van der Waals surface area contributed by atoms with Gasteiger partial charge in [-0.2, -0.15) is 5.10 Å². The predicted molar refractivity (Wildman–Crippen MR) is 68.8 cm³/mol. The molecule has 0 spiro atoms. The van der Waals surface area contributed by atoms with Gasteiger partial charge in [0.05, 0.1) is 6.20 Å². The normalized spacial score (nSPS) is 11.9. The van der Waals surface area contributed by atoms with Crippen LogP contribution >= 0.6 is 11.6 Å². The smallest absolute Gasteiger partial charge is 0.266 e. The SMILES string of the molecule is CC(Oc1ccc(Cl)cc1)C(=O)Nc1ccn[nH]1. The summed E-state index contributed by atoms with van der Waals surface area (Å²) >= 11 is 5.76. The Balaban J connectivity index is 1.93. The van der Waals surface area contributed by atoms with Gasteiger partial charge in [0.25, 0.3) is 5.91 Å². The number of aromatic amines is 1. The Hall–Kier alpha value is -2.01. The zero-order valence-corrected chi connectivity index (χ0v) is 10.4. The second-order valence-corrected chi connectivity index (χ2v) is 4.11. The molecular weight excluding hydrogens is 254 g/mol. The number of rotatable bonds is 4. The monoisotopic (exact) mass is 265 g/mol. The quantitative estimate of drug-likeness (QED) is 0.892. The van der Waals surface area contributed by atoms with Crippen LogP contribution in [0.4, 0.5) is 5.82 Å². The molecule has 2 aromatic rings. The molecule has 0 aliphatic rings. The average molecular weight is 266 g/mol. The molecule has 2 rings (SSSR count). The van der Waals surface area contributed by atoms with Crippen molar-refractivity contribution in [2.45, 2.75) is 13.0 Å². The summed E-state index contributed by atoms with van der Waals surface area (Å²) in [6.07, 6.45) is 0.940. The summed E-state index contributed by atoms with van der Waals surface area (Å²) in [6.45, 7) is 1.67. The van der Waals surface area contributed by atoms with Crippen molar-refractivity contribution in [2.24, 2.45) is 0 Å². The number of halogens is 1. The van der Waals surface area contributed by atoms with Gasteiger partial charge in [0.15, 0.2) is 6.10 Å². The molecule has 0 saturated carbocycles. The Bertz CT molecular complexity index is 511. The van der Waals surface area contributed by atoms with Crippen molar-refractivity contribution < 1.29 is 9.53 Å². The van der Waals surface area contributed by atoms with E-state index in [4.69, 9.17) is 16.3 Å². The van der Waals surface area contributed by atoms with E-state index in [2.05, 4.69) is 15.5 Å². The van der Waals surface area contributed by atoms with Gasteiger partial charge in [-0.15, -0.1) is 0 Å². The van der Waals surface area contributed by atoms with Crippen molar-refractivity contribution in [3.63, 3.8) is 0 Å². The van der Waals surface area contributed by atoms with E-state index >= 15 is 0 Å². The molecule has 5 nitrogen and oxygen atoms in total. The zero-order valence-electron chi connectivity index (χ0n) is 9.68. The summed E-state index contributed by atoms with van der Waals surface area (Å²) in [5.41, 5.74) is 0. The summed E-state index contributed by atoms with van der Waals surface area (Å²) in [6, 6.07) is 8.49. The minimum Gasteiger partial charge on any atom is -0.481 e. The predicted octanol–water partition coefficient (Wildman–Crippen LogP) is 2.47. The number of amides is 1. The highest BCUT2D eigenvalue weighted by Crippen LogP contribution is 2.17. The van der Waals surface area contributed by atoms with E-state index in [9.17, 15) is 4.79 Å². The van der Waals surface area contributed by atoms with E-state index in [1.165, 1.54) is 0 Å². The second kappa shape index (κ2) is 5.55. The Labute approximate surface area is 109 Å². The van der Waals surface area contributed by atoms with Crippen molar-refractivity contribution in [1.82, 2.24) is 10.2 Å². The maximum absolute atomic E-state index is 11.8. The van der Waals surface area contributed by atoms with Crippen molar-refractivity contribution >= 4 is 23.3 Å². The van der Waals surface area contributed by atoms with Crippen LogP contribution in [0.1, 0.15) is 6.92 Å². The van der Waals surface area contributed by atoms with Gasteiger partial charge in [0.2, 0.25) is 0 Å². The van der Waals surface area contributed by atoms with Gasteiger partial charge in [-0.3, -0.25) is 9.89 Å². The third-order valence-electron chi connectivity index (χ3n) is 2.25. The minimum atomic E-state index is -0.616. The summed E-state index contributed by atoms with van der Waals surface area (Å²) in [5.74, 6) is 0.868. The van der Waals surface area contributed by atoms with Gasteiger partial charge in [-0.1, -0.05) is 11.6 Å². The second-order valence-electron chi connectivity index (χ2n) is 3.67. The lowest BCUT2D eigenvalue weighted by Gasteiger charge is -2.13. The lowest BCUT2D eigenvalue weighted by molar-refractivity contribution is -0.122. The fourth-order valence-corrected chi connectivity index (χ4v) is 1.46. The highest BCUT2D eigenvalue weighted by Gasteiger charge is 2.15. The van der Waals surface area contributed by atoms with Gasteiger partial charge in [0, 0.05) is 11.1 Å². The van der Waals surface area contributed by atoms with Gasteiger partial charge in [-0.05, 0) is 31.2 Å². The van der Waals surface area contributed by atoms with Gasteiger partial charge < -0.3 is 10.1 Å². The van der Waals surface area contributed by atoms with Crippen molar-refractivity contribution in [3.8, 4) is 5.75 Å². The van der Waals surface area contributed by atoms with Gasteiger partial charge >= 0.3 is 0 Å². The van der Waals surface area contributed by atoms with Crippen LogP contribution in [-0.4, -0.2) is 22.2 Å². The number of nitrogens with one attached hydrogen (secondary N) is 2. The maximum Gasteiger partial charge on any atom is 0.266 e. The first-order valence-corrected chi connectivity index (χ1v) is 5.75. The number of carbonyl (C=O) groups is 1. The molecule has 1 unspecified atom stereocenters. The first kappa shape index (κ1) is 12.4. The van der Waals surface area contributed by atoms with Crippen molar-refractivity contribution in [2.75, 3.05) is 5.32 Å². The van der Waals surface area contributed by atoms with Crippen molar-refractivity contribution in [1.29, 1.82) is 0 Å². The van der Waals surface area contributed by atoms with E-state index in [0.29, 0.717) is 16.6 Å². The molecule has 6 heteroatoms. The lowest BCUT2D eigenvalue weighted by atomic mass is 10.3. The molecule has 2 N–H and O–H groups in total. The van der Waals surface area contributed by atoms with Crippen LogP contribution in [0.25, 0.3) is 0 Å². The van der Waals surface area contributed by atoms with E-state index in [-0.39, 0.29) is 5.91 Å².